The number of hydrogen-bond acceptors (Lipinski definition) is 6. The summed E-state index contributed by atoms with van der Waals surface area (Å²) in [5, 5.41) is 2.86. The zero-order chi connectivity index (χ0) is 30.9. The Kier molecular flexibility index (Phi) is 11.3. The maximum absolute atomic E-state index is 14.1. The van der Waals surface area contributed by atoms with Gasteiger partial charge in [0, 0.05) is 12.6 Å². The van der Waals surface area contributed by atoms with Crippen LogP contribution in [0.4, 0.5) is 10.1 Å². The van der Waals surface area contributed by atoms with Crippen LogP contribution >= 0.6 is 0 Å². The van der Waals surface area contributed by atoms with Gasteiger partial charge in [-0.1, -0.05) is 19.1 Å². The third kappa shape index (κ3) is 8.22. The van der Waals surface area contributed by atoms with Gasteiger partial charge in [0.25, 0.3) is 10.0 Å². The Balaban J connectivity index is 2.04. The van der Waals surface area contributed by atoms with E-state index in [-0.39, 0.29) is 29.1 Å². The van der Waals surface area contributed by atoms with Gasteiger partial charge in [-0.2, -0.15) is 0 Å². The minimum absolute atomic E-state index is 0.0488. The molecule has 0 aliphatic rings. The van der Waals surface area contributed by atoms with Crippen LogP contribution in [0.25, 0.3) is 0 Å². The molecule has 1 N–H and O–H groups in total. The fraction of sp³-hybridized carbons (Fsp3) is 0.355. The number of ether oxygens (including phenoxy) is 2. The van der Waals surface area contributed by atoms with Crippen molar-refractivity contribution in [3.8, 4) is 11.5 Å². The minimum Gasteiger partial charge on any atom is -0.497 e. The number of halogens is 1. The van der Waals surface area contributed by atoms with E-state index < -0.39 is 34.3 Å². The van der Waals surface area contributed by atoms with Crippen LogP contribution in [0.15, 0.2) is 77.7 Å². The van der Waals surface area contributed by atoms with E-state index in [0.717, 1.165) is 22.0 Å². The standard InChI is InChI=1S/C31H38FN3O6S/c1-6-29(31(37)33-22(3)4)34(20-23-8-14-26(40-5)15-9-23)30(36)21-35(25-12-10-24(32)11-13-25)42(38,39)28-18-16-27(17-19-28)41-7-2/h8-19,22,29H,6-7,20-21H2,1-5H3,(H,33,37)/t29-/m1/s1. The molecule has 0 fully saturated rings. The highest BCUT2D eigenvalue weighted by molar-refractivity contribution is 7.92. The van der Waals surface area contributed by atoms with Gasteiger partial charge < -0.3 is 19.7 Å². The number of amides is 2. The van der Waals surface area contributed by atoms with E-state index in [1.165, 1.54) is 41.3 Å². The molecule has 42 heavy (non-hydrogen) atoms. The predicted octanol–water partition coefficient (Wildman–Crippen LogP) is 4.76. The molecule has 0 aromatic heterocycles. The van der Waals surface area contributed by atoms with E-state index in [4.69, 9.17) is 9.47 Å². The summed E-state index contributed by atoms with van der Waals surface area (Å²) in [6.45, 7) is 7.08. The van der Waals surface area contributed by atoms with Crippen molar-refractivity contribution in [1.29, 1.82) is 0 Å². The molecule has 0 aliphatic carbocycles. The summed E-state index contributed by atoms with van der Waals surface area (Å²) in [7, 11) is -2.75. The van der Waals surface area contributed by atoms with Crippen molar-refractivity contribution < 1.29 is 31.9 Å². The Bertz CT molecular complexity index is 1430. The number of nitrogens with one attached hydrogen (secondary N) is 1. The highest BCUT2D eigenvalue weighted by Gasteiger charge is 2.34. The molecule has 0 heterocycles. The zero-order valence-electron chi connectivity index (χ0n) is 24.5. The van der Waals surface area contributed by atoms with Gasteiger partial charge in [0.1, 0.15) is 29.9 Å². The number of benzene rings is 3. The Hall–Kier alpha value is -4.12. The normalized spacial score (nSPS) is 12.0. The molecule has 226 valence electrons. The summed E-state index contributed by atoms with van der Waals surface area (Å²) >= 11 is 0. The molecule has 1 atom stereocenters. The first-order valence-corrected chi connectivity index (χ1v) is 15.2. The quantitative estimate of drug-likeness (QED) is 0.287. The lowest BCUT2D eigenvalue weighted by Gasteiger charge is -2.33. The molecule has 0 bridgehead atoms. The Labute approximate surface area is 247 Å². The number of hydrogen-bond donors (Lipinski definition) is 1. The molecule has 3 aromatic rings. The van der Waals surface area contributed by atoms with Crippen LogP contribution < -0.4 is 19.1 Å². The van der Waals surface area contributed by atoms with Crippen molar-refractivity contribution in [2.24, 2.45) is 0 Å². The molecular formula is C31H38FN3O6S. The van der Waals surface area contributed by atoms with Crippen molar-refractivity contribution >= 4 is 27.5 Å². The largest absolute Gasteiger partial charge is 0.497 e. The highest BCUT2D eigenvalue weighted by Crippen LogP contribution is 2.27. The number of nitrogens with zero attached hydrogens (tertiary/aromatic N) is 2. The third-order valence-electron chi connectivity index (χ3n) is 6.45. The van der Waals surface area contributed by atoms with Crippen LogP contribution in [0, 0.1) is 5.82 Å². The SMILES string of the molecule is CCOc1ccc(S(=O)(=O)N(CC(=O)N(Cc2ccc(OC)cc2)[C@H](CC)C(=O)NC(C)C)c2ccc(F)cc2)cc1. The molecule has 0 saturated carbocycles. The number of carbonyl (C=O) groups excluding carboxylic acids is 2. The maximum atomic E-state index is 14.1. The summed E-state index contributed by atoms with van der Waals surface area (Å²) in [4.78, 5) is 28.6. The molecule has 9 nitrogen and oxygen atoms in total. The number of anilines is 1. The average Bonchev–Trinajstić information content (AvgIpc) is 2.96. The number of carbonyl (C=O) groups is 2. The lowest BCUT2D eigenvalue weighted by atomic mass is 10.1. The van der Waals surface area contributed by atoms with Crippen molar-refractivity contribution in [3.63, 3.8) is 0 Å². The van der Waals surface area contributed by atoms with Crippen LogP contribution in [-0.2, 0) is 26.2 Å². The first-order valence-electron chi connectivity index (χ1n) is 13.7. The van der Waals surface area contributed by atoms with E-state index in [1.807, 2.05) is 20.8 Å². The second-order valence-electron chi connectivity index (χ2n) is 9.85. The first kappa shape index (κ1) is 32.4. The summed E-state index contributed by atoms with van der Waals surface area (Å²) < 4.78 is 53.2. The summed E-state index contributed by atoms with van der Waals surface area (Å²) in [5.41, 5.74) is 0.824. The van der Waals surface area contributed by atoms with Crippen LogP contribution in [0.5, 0.6) is 11.5 Å². The molecule has 0 saturated heterocycles. The summed E-state index contributed by atoms with van der Waals surface area (Å²) in [5.74, 6) is -0.382. The van der Waals surface area contributed by atoms with Crippen molar-refractivity contribution in [2.45, 2.75) is 57.6 Å². The van der Waals surface area contributed by atoms with Crippen LogP contribution in [0.3, 0.4) is 0 Å². The molecule has 0 aliphatic heterocycles. The highest BCUT2D eigenvalue weighted by atomic mass is 32.2. The van der Waals surface area contributed by atoms with Crippen molar-refractivity contribution in [2.75, 3.05) is 24.6 Å². The molecule has 0 radical (unpaired) electrons. The smallest absolute Gasteiger partial charge is 0.264 e. The number of rotatable bonds is 14. The van der Waals surface area contributed by atoms with Gasteiger partial charge in [-0.15, -0.1) is 0 Å². The maximum Gasteiger partial charge on any atom is 0.264 e. The molecule has 11 heteroatoms. The van der Waals surface area contributed by atoms with Crippen LogP contribution in [-0.4, -0.2) is 57.5 Å². The Morgan fingerprint density at radius 2 is 1.50 bits per heavy atom. The lowest BCUT2D eigenvalue weighted by Crippen LogP contribution is -2.53. The first-order chi connectivity index (χ1) is 20.0. The van der Waals surface area contributed by atoms with Gasteiger partial charge in [-0.3, -0.25) is 13.9 Å². The van der Waals surface area contributed by atoms with Gasteiger partial charge in [0.2, 0.25) is 11.8 Å². The second kappa shape index (κ2) is 14.7. The average molecular weight is 600 g/mol. The van der Waals surface area contributed by atoms with Crippen LogP contribution in [0.2, 0.25) is 0 Å². The summed E-state index contributed by atoms with van der Waals surface area (Å²) in [6.07, 6.45) is 0.294. The zero-order valence-corrected chi connectivity index (χ0v) is 25.4. The van der Waals surface area contributed by atoms with Gasteiger partial charge in [0.05, 0.1) is 24.3 Å². The Morgan fingerprint density at radius 1 is 0.905 bits per heavy atom. The lowest BCUT2D eigenvalue weighted by molar-refractivity contribution is -0.140. The fourth-order valence-electron chi connectivity index (χ4n) is 4.37. The van der Waals surface area contributed by atoms with Gasteiger partial charge in [-0.25, -0.2) is 12.8 Å². The van der Waals surface area contributed by atoms with Crippen LogP contribution in [0.1, 0.15) is 39.7 Å². The molecular weight excluding hydrogens is 561 g/mol. The Morgan fingerprint density at radius 3 is 2.02 bits per heavy atom. The van der Waals surface area contributed by atoms with Crippen molar-refractivity contribution in [1.82, 2.24) is 10.2 Å². The second-order valence-corrected chi connectivity index (χ2v) is 11.7. The monoisotopic (exact) mass is 599 g/mol. The number of sulfonamides is 1. The van der Waals surface area contributed by atoms with E-state index in [2.05, 4.69) is 5.32 Å². The molecule has 0 spiro atoms. The van der Waals surface area contributed by atoms with Gasteiger partial charge >= 0.3 is 0 Å². The fourth-order valence-corrected chi connectivity index (χ4v) is 5.78. The molecule has 3 aromatic carbocycles. The predicted molar refractivity (Wildman–Crippen MR) is 159 cm³/mol. The number of methoxy groups -OCH3 is 1. The van der Waals surface area contributed by atoms with E-state index in [0.29, 0.717) is 24.5 Å². The molecule has 3 rings (SSSR count). The van der Waals surface area contributed by atoms with E-state index in [9.17, 15) is 22.4 Å². The van der Waals surface area contributed by atoms with E-state index >= 15 is 0 Å². The van der Waals surface area contributed by atoms with Gasteiger partial charge in [0.15, 0.2) is 0 Å². The van der Waals surface area contributed by atoms with E-state index in [1.54, 1.807) is 38.3 Å². The minimum atomic E-state index is -4.29. The van der Waals surface area contributed by atoms with Crippen molar-refractivity contribution in [3.05, 3.63) is 84.2 Å². The third-order valence-corrected chi connectivity index (χ3v) is 8.23. The van der Waals surface area contributed by atoms with Gasteiger partial charge in [-0.05, 0) is 93.4 Å². The summed E-state index contributed by atoms with van der Waals surface area (Å²) in [6, 6.07) is 16.7. The molecule has 0 unspecified atom stereocenters. The molecule has 2 amide bonds. The topological polar surface area (TPSA) is 105 Å².